The van der Waals surface area contributed by atoms with Crippen molar-refractivity contribution in [3.8, 4) is 11.8 Å². The molecular weight excluding hydrogens is 412 g/mol. The van der Waals surface area contributed by atoms with Crippen molar-refractivity contribution in [2.45, 2.75) is 33.2 Å². The fraction of sp³-hybridized carbons (Fsp3) is 0.292. The fourth-order valence-electron chi connectivity index (χ4n) is 3.98. The zero-order valence-electron chi connectivity index (χ0n) is 17.0. The maximum absolute atomic E-state index is 9.74. The Morgan fingerprint density at radius 1 is 1.29 bits per heavy atom. The van der Waals surface area contributed by atoms with Crippen molar-refractivity contribution in [3.05, 3.63) is 63.6 Å². The van der Waals surface area contributed by atoms with Gasteiger partial charge < -0.3 is 9.64 Å². The van der Waals surface area contributed by atoms with Crippen molar-refractivity contribution in [2.24, 2.45) is 0 Å². The van der Waals surface area contributed by atoms with Gasteiger partial charge in [-0.2, -0.15) is 5.26 Å². The lowest BCUT2D eigenvalue weighted by molar-refractivity contribution is 0.413. The van der Waals surface area contributed by atoms with Crippen LogP contribution in [-0.2, 0) is 0 Å². The standard InChI is InChI=1S/C24H25BrN2O/c1-6-27-22-13-23(28-5)18(12-21(22)16(2)14-24(27,3)4)10-19(15-26)17-8-7-9-20(25)11-17/h7-14H,6H2,1-5H3/b19-10+. The van der Waals surface area contributed by atoms with Crippen LogP contribution in [0.4, 0.5) is 5.69 Å². The molecule has 0 amide bonds. The van der Waals surface area contributed by atoms with Crippen LogP contribution in [0.2, 0.25) is 0 Å². The number of hydrogen-bond acceptors (Lipinski definition) is 3. The van der Waals surface area contributed by atoms with E-state index in [1.165, 1.54) is 16.8 Å². The monoisotopic (exact) mass is 436 g/mol. The number of allylic oxidation sites excluding steroid dienone is 2. The van der Waals surface area contributed by atoms with Crippen LogP contribution in [-0.4, -0.2) is 19.2 Å². The fourth-order valence-corrected chi connectivity index (χ4v) is 4.38. The van der Waals surface area contributed by atoms with Crippen molar-refractivity contribution >= 4 is 38.8 Å². The summed E-state index contributed by atoms with van der Waals surface area (Å²) in [6.07, 6.45) is 4.21. The topological polar surface area (TPSA) is 36.3 Å². The predicted octanol–water partition coefficient (Wildman–Crippen LogP) is 6.54. The number of nitrogens with zero attached hydrogens (tertiary/aromatic N) is 2. The van der Waals surface area contributed by atoms with Crippen LogP contribution in [0.15, 0.2) is 46.9 Å². The molecule has 0 aliphatic carbocycles. The summed E-state index contributed by atoms with van der Waals surface area (Å²) in [5.41, 5.74) is 5.92. The number of benzene rings is 2. The van der Waals surface area contributed by atoms with Gasteiger partial charge in [-0.3, -0.25) is 0 Å². The minimum atomic E-state index is -0.0532. The minimum absolute atomic E-state index is 0.0532. The van der Waals surface area contributed by atoms with Gasteiger partial charge in [0.2, 0.25) is 0 Å². The smallest absolute Gasteiger partial charge is 0.128 e. The first-order valence-corrected chi connectivity index (χ1v) is 10.2. The lowest BCUT2D eigenvalue weighted by Crippen LogP contribution is -2.44. The Kier molecular flexibility index (Phi) is 5.67. The largest absolute Gasteiger partial charge is 0.496 e. The summed E-state index contributed by atoms with van der Waals surface area (Å²) in [5, 5.41) is 9.74. The molecule has 2 aromatic rings. The Balaban J connectivity index is 2.19. The summed E-state index contributed by atoms with van der Waals surface area (Å²) in [7, 11) is 1.68. The molecule has 0 N–H and O–H groups in total. The molecule has 1 aliphatic rings. The van der Waals surface area contributed by atoms with Gasteiger partial charge in [0, 0.05) is 33.9 Å². The van der Waals surface area contributed by atoms with Crippen LogP contribution in [0, 0.1) is 11.3 Å². The SMILES string of the molecule is CCN1c2cc(OC)c(/C=C(\C#N)c3cccc(Br)c3)cc2C(C)=CC1(C)C. The van der Waals surface area contributed by atoms with Gasteiger partial charge >= 0.3 is 0 Å². The third-order valence-electron chi connectivity index (χ3n) is 5.20. The molecular formula is C24H25BrN2O. The Morgan fingerprint density at radius 3 is 2.64 bits per heavy atom. The number of likely N-dealkylation sites (N-methyl/N-ethyl adjacent to an activating group) is 1. The van der Waals surface area contributed by atoms with E-state index in [0.29, 0.717) is 5.57 Å². The first-order valence-electron chi connectivity index (χ1n) is 9.38. The Hall–Kier alpha value is -2.51. The minimum Gasteiger partial charge on any atom is -0.496 e. The molecule has 0 fully saturated rings. The lowest BCUT2D eigenvalue weighted by Gasteiger charge is -2.43. The number of methoxy groups -OCH3 is 1. The van der Waals surface area contributed by atoms with E-state index in [0.717, 1.165) is 27.9 Å². The normalized spacial score (nSPS) is 15.5. The number of fused-ring (bicyclic) bond motifs is 1. The third-order valence-corrected chi connectivity index (χ3v) is 5.69. The predicted molar refractivity (Wildman–Crippen MR) is 121 cm³/mol. The van der Waals surface area contributed by atoms with Gasteiger partial charge in [0.05, 0.1) is 24.3 Å². The van der Waals surface area contributed by atoms with Gasteiger partial charge in [0.25, 0.3) is 0 Å². The summed E-state index contributed by atoms with van der Waals surface area (Å²) in [5.74, 6) is 0.769. The van der Waals surface area contributed by atoms with Gasteiger partial charge in [-0.15, -0.1) is 0 Å². The average molecular weight is 437 g/mol. The number of nitriles is 1. The van der Waals surface area contributed by atoms with Gasteiger partial charge in [0.15, 0.2) is 0 Å². The molecule has 0 unspecified atom stereocenters. The maximum atomic E-state index is 9.74. The Morgan fingerprint density at radius 2 is 2.04 bits per heavy atom. The number of hydrogen-bond donors (Lipinski definition) is 0. The molecule has 4 heteroatoms. The summed E-state index contributed by atoms with van der Waals surface area (Å²) >= 11 is 3.48. The van der Waals surface area contributed by atoms with E-state index in [-0.39, 0.29) is 5.54 Å². The molecule has 0 saturated heterocycles. The first-order chi connectivity index (χ1) is 13.3. The summed E-state index contributed by atoms with van der Waals surface area (Å²) in [4.78, 5) is 2.38. The molecule has 28 heavy (non-hydrogen) atoms. The highest BCUT2D eigenvalue weighted by molar-refractivity contribution is 9.10. The molecule has 0 spiro atoms. The highest BCUT2D eigenvalue weighted by Crippen LogP contribution is 2.42. The van der Waals surface area contributed by atoms with E-state index in [9.17, 15) is 5.26 Å². The molecule has 0 saturated carbocycles. The van der Waals surface area contributed by atoms with Crippen LogP contribution in [0.5, 0.6) is 5.75 Å². The van der Waals surface area contributed by atoms with Crippen LogP contribution in [0.25, 0.3) is 17.2 Å². The van der Waals surface area contributed by atoms with Gasteiger partial charge in [-0.05, 0) is 63.1 Å². The summed E-state index contributed by atoms with van der Waals surface area (Å²) < 4.78 is 6.65. The van der Waals surface area contributed by atoms with Crippen molar-refractivity contribution in [2.75, 3.05) is 18.6 Å². The maximum Gasteiger partial charge on any atom is 0.128 e. The van der Waals surface area contributed by atoms with Crippen molar-refractivity contribution in [3.63, 3.8) is 0 Å². The molecule has 2 aromatic carbocycles. The number of anilines is 1. The molecule has 144 valence electrons. The molecule has 0 aromatic heterocycles. The molecule has 1 aliphatic heterocycles. The molecule has 3 nitrogen and oxygen atoms in total. The van der Waals surface area contributed by atoms with E-state index >= 15 is 0 Å². The molecule has 3 rings (SSSR count). The third kappa shape index (κ3) is 3.72. The zero-order valence-corrected chi connectivity index (χ0v) is 18.6. The van der Waals surface area contributed by atoms with E-state index in [1.807, 2.05) is 30.3 Å². The van der Waals surface area contributed by atoms with Crippen LogP contribution in [0.3, 0.4) is 0 Å². The zero-order chi connectivity index (χ0) is 20.5. The average Bonchev–Trinajstić information content (AvgIpc) is 2.65. The van der Waals surface area contributed by atoms with Crippen molar-refractivity contribution < 1.29 is 4.74 Å². The number of ether oxygens (including phenoxy) is 1. The molecule has 0 bridgehead atoms. The van der Waals surface area contributed by atoms with Crippen molar-refractivity contribution in [1.29, 1.82) is 5.26 Å². The van der Waals surface area contributed by atoms with Crippen LogP contribution < -0.4 is 9.64 Å². The van der Waals surface area contributed by atoms with Crippen molar-refractivity contribution in [1.82, 2.24) is 0 Å². The quantitative estimate of drug-likeness (QED) is 0.402. The highest BCUT2D eigenvalue weighted by atomic mass is 79.9. The van der Waals surface area contributed by atoms with E-state index in [2.05, 4.69) is 72.8 Å². The Labute approximate surface area is 176 Å². The van der Waals surface area contributed by atoms with E-state index in [1.54, 1.807) is 7.11 Å². The molecule has 0 radical (unpaired) electrons. The summed E-state index contributed by atoms with van der Waals surface area (Å²) in [6, 6.07) is 14.3. The number of halogens is 1. The second-order valence-electron chi connectivity index (χ2n) is 7.52. The van der Waals surface area contributed by atoms with Gasteiger partial charge in [0.1, 0.15) is 5.75 Å². The molecule has 0 atom stereocenters. The van der Waals surface area contributed by atoms with Gasteiger partial charge in [-0.1, -0.05) is 34.1 Å². The van der Waals surface area contributed by atoms with Gasteiger partial charge in [-0.25, -0.2) is 0 Å². The second-order valence-corrected chi connectivity index (χ2v) is 8.43. The van der Waals surface area contributed by atoms with Crippen LogP contribution in [0.1, 0.15) is 44.4 Å². The molecule has 1 heterocycles. The van der Waals surface area contributed by atoms with Crippen LogP contribution >= 0.6 is 15.9 Å². The summed E-state index contributed by atoms with van der Waals surface area (Å²) in [6.45, 7) is 9.67. The lowest BCUT2D eigenvalue weighted by atomic mass is 9.87. The highest BCUT2D eigenvalue weighted by Gasteiger charge is 2.31. The number of rotatable bonds is 4. The first kappa shape index (κ1) is 20.2. The van der Waals surface area contributed by atoms with E-state index < -0.39 is 0 Å². The van der Waals surface area contributed by atoms with E-state index in [4.69, 9.17) is 4.74 Å². The second kappa shape index (κ2) is 7.85. The Bertz CT molecular complexity index is 1010.